The smallest absolute Gasteiger partial charge is 0.134 e. The average Bonchev–Trinajstić information content (AvgIpc) is 2.45. The molecule has 1 aromatic heterocycles. The Morgan fingerprint density at radius 3 is 2.64 bits per heavy atom. The molecule has 0 radical (unpaired) electrons. The highest BCUT2D eigenvalue weighted by molar-refractivity contribution is 5.82. The van der Waals surface area contributed by atoms with Crippen molar-refractivity contribution in [3.05, 3.63) is 35.6 Å². The fourth-order valence-electron chi connectivity index (χ4n) is 1.62. The van der Waals surface area contributed by atoms with Gasteiger partial charge in [-0.15, -0.1) is 0 Å². The van der Waals surface area contributed by atoms with Gasteiger partial charge in [-0.25, -0.2) is 0 Å². The summed E-state index contributed by atoms with van der Waals surface area (Å²) in [6, 6.07) is 5.96. The summed E-state index contributed by atoms with van der Waals surface area (Å²) in [5, 5.41) is 10.9. The van der Waals surface area contributed by atoms with E-state index in [4.69, 9.17) is 4.42 Å². The van der Waals surface area contributed by atoms with Gasteiger partial charge in [0.15, 0.2) is 0 Å². The summed E-state index contributed by atoms with van der Waals surface area (Å²) >= 11 is 0. The topological polar surface area (TPSA) is 33.4 Å². The first-order chi connectivity index (χ1) is 6.48. The van der Waals surface area contributed by atoms with Crippen molar-refractivity contribution in [2.75, 3.05) is 0 Å². The third-order valence-electron chi connectivity index (χ3n) is 2.39. The summed E-state index contributed by atoms with van der Waals surface area (Å²) in [6.45, 7) is 5.56. The normalized spacial score (nSPS) is 12.3. The highest BCUT2D eigenvalue weighted by Gasteiger charge is 2.21. The number of furan rings is 1. The predicted octanol–water partition coefficient (Wildman–Crippen LogP) is 2.97. The fraction of sp³-hybridized carbons (Fsp3) is 0.333. The SMILES string of the molecule is Cc1ccc2occ(C(C)(C)O)c2c1. The maximum Gasteiger partial charge on any atom is 0.134 e. The first kappa shape index (κ1) is 9.28. The minimum Gasteiger partial charge on any atom is -0.464 e. The Bertz CT molecular complexity index is 461. The molecular weight excluding hydrogens is 176 g/mol. The summed E-state index contributed by atoms with van der Waals surface area (Å²) in [6.07, 6.45) is 1.63. The van der Waals surface area contributed by atoms with Crippen LogP contribution in [-0.2, 0) is 5.60 Å². The maximum atomic E-state index is 9.91. The third-order valence-corrected chi connectivity index (χ3v) is 2.39. The van der Waals surface area contributed by atoms with E-state index in [0.29, 0.717) is 0 Å². The van der Waals surface area contributed by atoms with Crippen molar-refractivity contribution in [2.45, 2.75) is 26.4 Å². The van der Waals surface area contributed by atoms with Gasteiger partial charge in [-0.3, -0.25) is 0 Å². The Balaban J connectivity index is 2.73. The molecule has 14 heavy (non-hydrogen) atoms. The molecule has 2 heteroatoms. The number of hydrogen-bond donors (Lipinski definition) is 1. The Morgan fingerprint density at radius 2 is 2.00 bits per heavy atom. The number of rotatable bonds is 1. The van der Waals surface area contributed by atoms with Crippen molar-refractivity contribution < 1.29 is 9.52 Å². The number of aliphatic hydroxyl groups is 1. The Labute approximate surface area is 83.2 Å². The molecular formula is C12H14O2. The van der Waals surface area contributed by atoms with E-state index in [1.165, 1.54) is 5.56 Å². The van der Waals surface area contributed by atoms with Crippen molar-refractivity contribution in [2.24, 2.45) is 0 Å². The molecule has 1 N–H and O–H groups in total. The standard InChI is InChI=1S/C12H14O2/c1-8-4-5-11-9(6-8)10(7-14-11)12(2,3)13/h4-7,13H,1-3H3. The van der Waals surface area contributed by atoms with Gasteiger partial charge in [0.25, 0.3) is 0 Å². The van der Waals surface area contributed by atoms with E-state index in [0.717, 1.165) is 16.5 Å². The second-order valence-corrected chi connectivity index (χ2v) is 4.21. The molecule has 0 unspecified atom stereocenters. The van der Waals surface area contributed by atoms with Crippen LogP contribution in [0.25, 0.3) is 11.0 Å². The van der Waals surface area contributed by atoms with E-state index in [1.54, 1.807) is 20.1 Å². The summed E-state index contributed by atoms with van der Waals surface area (Å²) in [7, 11) is 0. The molecule has 2 aromatic rings. The largest absolute Gasteiger partial charge is 0.464 e. The summed E-state index contributed by atoms with van der Waals surface area (Å²) in [4.78, 5) is 0. The van der Waals surface area contributed by atoms with Crippen LogP contribution in [0.15, 0.2) is 28.9 Å². The van der Waals surface area contributed by atoms with Crippen LogP contribution in [0, 0.1) is 6.92 Å². The minimum absolute atomic E-state index is 0.827. The molecule has 2 rings (SSSR count). The molecule has 0 atom stereocenters. The van der Waals surface area contributed by atoms with Gasteiger partial charge in [0.05, 0.1) is 11.9 Å². The molecule has 74 valence electrons. The molecule has 0 bridgehead atoms. The van der Waals surface area contributed by atoms with Crippen molar-refractivity contribution in [3.8, 4) is 0 Å². The zero-order chi connectivity index (χ0) is 10.3. The molecule has 0 aliphatic heterocycles. The Hall–Kier alpha value is -1.28. The lowest BCUT2D eigenvalue weighted by Crippen LogP contribution is -2.14. The van der Waals surface area contributed by atoms with E-state index < -0.39 is 5.60 Å². The van der Waals surface area contributed by atoms with Crippen LogP contribution in [0.2, 0.25) is 0 Å². The van der Waals surface area contributed by atoms with E-state index >= 15 is 0 Å². The Morgan fingerprint density at radius 1 is 1.29 bits per heavy atom. The van der Waals surface area contributed by atoms with Crippen LogP contribution in [0.1, 0.15) is 25.0 Å². The van der Waals surface area contributed by atoms with Crippen molar-refractivity contribution in [1.29, 1.82) is 0 Å². The molecule has 1 aromatic carbocycles. The average molecular weight is 190 g/mol. The monoisotopic (exact) mass is 190 g/mol. The molecule has 0 saturated heterocycles. The van der Waals surface area contributed by atoms with Gasteiger partial charge in [0.2, 0.25) is 0 Å². The summed E-state index contributed by atoms with van der Waals surface area (Å²) < 4.78 is 5.37. The first-order valence-electron chi connectivity index (χ1n) is 4.69. The molecule has 1 heterocycles. The summed E-state index contributed by atoms with van der Waals surface area (Å²) in [5.74, 6) is 0. The quantitative estimate of drug-likeness (QED) is 0.750. The lowest BCUT2D eigenvalue weighted by molar-refractivity contribution is 0.0792. The van der Waals surface area contributed by atoms with Crippen LogP contribution < -0.4 is 0 Å². The second-order valence-electron chi connectivity index (χ2n) is 4.21. The van der Waals surface area contributed by atoms with Crippen molar-refractivity contribution in [3.63, 3.8) is 0 Å². The molecule has 0 saturated carbocycles. The molecule has 0 amide bonds. The van der Waals surface area contributed by atoms with Crippen LogP contribution in [-0.4, -0.2) is 5.11 Å². The first-order valence-corrected chi connectivity index (χ1v) is 4.69. The minimum atomic E-state index is -0.848. The van der Waals surface area contributed by atoms with E-state index in [2.05, 4.69) is 0 Å². The Kier molecular flexibility index (Phi) is 1.89. The van der Waals surface area contributed by atoms with Gasteiger partial charge in [-0.1, -0.05) is 11.6 Å². The zero-order valence-electron chi connectivity index (χ0n) is 8.66. The van der Waals surface area contributed by atoms with E-state index in [1.807, 2.05) is 25.1 Å². The molecule has 0 aliphatic carbocycles. The molecule has 0 spiro atoms. The lowest BCUT2D eigenvalue weighted by Gasteiger charge is -2.15. The molecule has 0 aliphatic rings. The predicted molar refractivity (Wildman–Crippen MR) is 56.2 cm³/mol. The number of hydrogen-bond acceptors (Lipinski definition) is 2. The van der Waals surface area contributed by atoms with Crippen molar-refractivity contribution >= 4 is 11.0 Å². The van der Waals surface area contributed by atoms with Crippen molar-refractivity contribution in [1.82, 2.24) is 0 Å². The van der Waals surface area contributed by atoms with E-state index in [9.17, 15) is 5.11 Å². The molecule has 0 fully saturated rings. The number of benzene rings is 1. The van der Waals surface area contributed by atoms with Gasteiger partial charge in [-0.2, -0.15) is 0 Å². The highest BCUT2D eigenvalue weighted by atomic mass is 16.3. The zero-order valence-corrected chi connectivity index (χ0v) is 8.66. The maximum absolute atomic E-state index is 9.91. The second kappa shape index (κ2) is 2.85. The highest BCUT2D eigenvalue weighted by Crippen LogP contribution is 2.30. The van der Waals surface area contributed by atoms with Crippen LogP contribution >= 0.6 is 0 Å². The summed E-state index contributed by atoms with van der Waals surface area (Å²) in [5.41, 5.74) is 1.99. The number of fused-ring (bicyclic) bond motifs is 1. The third kappa shape index (κ3) is 1.42. The van der Waals surface area contributed by atoms with Crippen LogP contribution in [0.3, 0.4) is 0 Å². The number of aryl methyl sites for hydroxylation is 1. The van der Waals surface area contributed by atoms with Crippen LogP contribution in [0.4, 0.5) is 0 Å². The van der Waals surface area contributed by atoms with Gasteiger partial charge < -0.3 is 9.52 Å². The van der Waals surface area contributed by atoms with Crippen LogP contribution in [0.5, 0.6) is 0 Å². The fourth-order valence-corrected chi connectivity index (χ4v) is 1.62. The lowest BCUT2D eigenvalue weighted by atomic mass is 9.97. The van der Waals surface area contributed by atoms with Gasteiger partial charge in [0.1, 0.15) is 5.58 Å². The van der Waals surface area contributed by atoms with Gasteiger partial charge in [0, 0.05) is 10.9 Å². The van der Waals surface area contributed by atoms with E-state index in [-0.39, 0.29) is 0 Å². The van der Waals surface area contributed by atoms with Gasteiger partial charge >= 0.3 is 0 Å². The van der Waals surface area contributed by atoms with Gasteiger partial charge in [-0.05, 0) is 32.9 Å². The molecule has 2 nitrogen and oxygen atoms in total.